The first-order valence-electron chi connectivity index (χ1n) is 12.5. The number of rotatable bonds is 6. The average Bonchev–Trinajstić information content (AvgIpc) is 2.77. The quantitative estimate of drug-likeness (QED) is 0.441. The van der Waals surface area contributed by atoms with Gasteiger partial charge in [-0.2, -0.15) is 0 Å². The van der Waals surface area contributed by atoms with Gasteiger partial charge < -0.3 is 19.9 Å². The first kappa shape index (κ1) is 26.3. The summed E-state index contributed by atoms with van der Waals surface area (Å²) >= 11 is 0. The van der Waals surface area contributed by atoms with E-state index in [2.05, 4.69) is 15.3 Å². The van der Waals surface area contributed by atoms with Gasteiger partial charge in [-0.25, -0.2) is 28.2 Å². The van der Waals surface area contributed by atoms with E-state index in [9.17, 15) is 18.3 Å². The third-order valence-corrected chi connectivity index (χ3v) is 9.14. The van der Waals surface area contributed by atoms with E-state index in [4.69, 9.17) is 14.5 Å². The Kier molecular flexibility index (Phi) is 6.14. The number of carbonyl (C=O) groups is 1. The van der Waals surface area contributed by atoms with Crippen molar-refractivity contribution in [3.63, 3.8) is 0 Å². The first-order chi connectivity index (χ1) is 17.6. The maximum absolute atomic E-state index is 12.4. The van der Waals surface area contributed by atoms with Crippen LogP contribution in [0.4, 0.5) is 11.6 Å². The highest BCUT2D eigenvalue weighted by Gasteiger charge is 2.40. The van der Waals surface area contributed by atoms with Crippen molar-refractivity contribution in [1.82, 2.24) is 15.0 Å². The molecule has 3 aromatic rings. The molecule has 2 aliphatic rings. The molecule has 11 heteroatoms. The van der Waals surface area contributed by atoms with E-state index in [1.165, 1.54) is 6.26 Å². The Morgan fingerprint density at radius 3 is 2.50 bits per heavy atom. The molecule has 3 aromatic heterocycles. The van der Waals surface area contributed by atoms with E-state index in [-0.39, 0.29) is 12.0 Å². The third-order valence-electron chi connectivity index (χ3n) is 7.54. The standard InChI is InChI=1S/C27H32N4O6S/c1-14-23-17(25(32)37-27(14,4)5)7-8-21(31-23)30-22-11-18-19(12-28-22)24(29-13-20(18)26(2,3)33)36-15-9-16(10-15)38(6,34)35/h7-8,11-16,33H,9-10H2,1-6H3,(H,28,30,31)/t14-,15?,16?/m1/s1. The lowest BCUT2D eigenvalue weighted by Crippen LogP contribution is -2.42. The molecule has 0 saturated heterocycles. The fourth-order valence-corrected chi connectivity index (χ4v) is 5.90. The van der Waals surface area contributed by atoms with Crippen LogP contribution in [0.2, 0.25) is 0 Å². The Hall–Kier alpha value is -3.31. The van der Waals surface area contributed by atoms with E-state index in [0.29, 0.717) is 58.0 Å². The van der Waals surface area contributed by atoms with Gasteiger partial charge in [-0.05, 0) is 51.3 Å². The average molecular weight is 541 g/mol. The van der Waals surface area contributed by atoms with Crippen molar-refractivity contribution >= 4 is 38.2 Å². The second-order valence-electron chi connectivity index (χ2n) is 11.3. The molecule has 1 atom stereocenters. The largest absolute Gasteiger partial charge is 0.474 e. The van der Waals surface area contributed by atoms with Gasteiger partial charge in [0.15, 0.2) is 9.84 Å². The van der Waals surface area contributed by atoms with Gasteiger partial charge in [0.05, 0.1) is 27.5 Å². The monoisotopic (exact) mass is 540 g/mol. The van der Waals surface area contributed by atoms with Crippen LogP contribution in [0.3, 0.4) is 0 Å². The van der Waals surface area contributed by atoms with Gasteiger partial charge in [0.25, 0.3) is 0 Å². The molecule has 4 heterocycles. The highest BCUT2D eigenvalue weighted by atomic mass is 32.2. The van der Waals surface area contributed by atoms with Crippen LogP contribution in [-0.4, -0.2) is 57.7 Å². The summed E-state index contributed by atoms with van der Waals surface area (Å²) < 4.78 is 35.1. The minimum Gasteiger partial charge on any atom is -0.474 e. The topological polar surface area (TPSA) is 141 Å². The molecule has 0 spiro atoms. The van der Waals surface area contributed by atoms with Gasteiger partial charge in [-0.1, -0.05) is 6.92 Å². The number of sulfone groups is 1. The van der Waals surface area contributed by atoms with Crippen LogP contribution in [0.25, 0.3) is 10.8 Å². The normalized spacial score (nSPS) is 22.8. The zero-order valence-electron chi connectivity index (χ0n) is 22.3. The highest BCUT2D eigenvalue weighted by Crippen LogP contribution is 2.39. The number of aliphatic hydroxyl groups is 1. The van der Waals surface area contributed by atoms with E-state index >= 15 is 0 Å². The number of ether oxygens (including phenoxy) is 2. The Morgan fingerprint density at radius 2 is 1.84 bits per heavy atom. The Morgan fingerprint density at radius 1 is 1.13 bits per heavy atom. The van der Waals surface area contributed by atoms with Crippen molar-refractivity contribution in [3.05, 3.63) is 47.4 Å². The molecule has 38 heavy (non-hydrogen) atoms. The zero-order chi connectivity index (χ0) is 27.6. The predicted octanol–water partition coefficient (Wildman–Crippen LogP) is 4.00. The van der Waals surface area contributed by atoms with Crippen LogP contribution < -0.4 is 10.1 Å². The summed E-state index contributed by atoms with van der Waals surface area (Å²) in [6, 6.07) is 5.18. The number of carbonyl (C=O) groups excluding carboxylic acids is 1. The van der Waals surface area contributed by atoms with Crippen LogP contribution in [0.1, 0.15) is 75.0 Å². The van der Waals surface area contributed by atoms with Crippen molar-refractivity contribution < 1.29 is 27.8 Å². The molecule has 0 aromatic carbocycles. The van der Waals surface area contributed by atoms with Crippen molar-refractivity contribution in [2.75, 3.05) is 11.6 Å². The van der Waals surface area contributed by atoms with E-state index < -0.39 is 32.3 Å². The number of fused-ring (bicyclic) bond motifs is 2. The van der Waals surface area contributed by atoms with Crippen LogP contribution in [-0.2, 0) is 20.2 Å². The lowest BCUT2D eigenvalue weighted by atomic mass is 9.84. The number of pyridine rings is 3. The summed E-state index contributed by atoms with van der Waals surface area (Å²) in [5.41, 5.74) is -0.179. The molecule has 5 rings (SSSR count). The molecule has 0 bridgehead atoms. The highest BCUT2D eigenvalue weighted by molar-refractivity contribution is 7.91. The smallest absolute Gasteiger partial charge is 0.340 e. The second-order valence-corrected chi connectivity index (χ2v) is 13.6. The molecule has 1 aliphatic heterocycles. The fraction of sp³-hybridized carbons (Fsp3) is 0.481. The van der Waals surface area contributed by atoms with Gasteiger partial charge in [0, 0.05) is 43.0 Å². The summed E-state index contributed by atoms with van der Waals surface area (Å²) in [4.78, 5) is 26.1. The maximum atomic E-state index is 12.4. The number of hydrogen-bond acceptors (Lipinski definition) is 10. The predicted molar refractivity (Wildman–Crippen MR) is 142 cm³/mol. The lowest BCUT2D eigenvalue weighted by Gasteiger charge is -2.36. The van der Waals surface area contributed by atoms with Crippen LogP contribution in [0.5, 0.6) is 5.88 Å². The van der Waals surface area contributed by atoms with Gasteiger partial charge >= 0.3 is 5.97 Å². The van der Waals surface area contributed by atoms with Crippen LogP contribution >= 0.6 is 0 Å². The number of esters is 1. The Labute approximate surface area is 221 Å². The molecule has 1 saturated carbocycles. The number of anilines is 2. The lowest BCUT2D eigenvalue weighted by molar-refractivity contribution is -0.0189. The third kappa shape index (κ3) is 4.80. The molecule has 0 radical (unpaired) electrons. The molecule has 1 aliphatic carbocycles. The SMILES string of the molecule is C[C@@H]1c2nc(Nc3cc4c(C(C)(C)O)cnc(OC5CC(S(C)(=O)=O)C5)c4cn3)ccc2C(=O)OC1(C)C. The molecular weight excluding hydrogens is 508 g/mol. The van der Waals surface area contributed by atoms with E-state index in [1.807, 2.05) is 20.8 Å². The molecule has 10 nitrogen and oxygen atoms in total. The van der Waals surface area contributed by atoms with Crippen LogP contribution in [0.15, 0.2) is 30.6 Å². The summed E-state index contributed by atoms with van der Waals surface area (Å²) in [7, 11) is -3.10. The molecular formula is C27H32N4O6S. The number of nitrogens with one attached hydrogen (secondary N) is 1. The molecule has 202 valence electrons. The Bertz CT molecular complexity index is 1540. The maximum Gasteiger partial charge on any atom is 0.340 e. The van der Waals surface area contributed by atoms with Crippen molar-refractivity contribution in [1.29, 1.82) is 0 Å². The van der Waals surface area contributed by atoms with Crippen molar-refractivity contribution in [2.45, 2.75) is 75.9 Å². The molecule has 0 amide bonds. The van der Waals surface area contributed by atoms with E-state index in [0.717, 1.165) is 0 Å². The minimum absolute atomic E-state index is 0.108. The number of hydrogen-bond donors (Lipinski definition) is 2. The first-order valence-corrected chi connectivity index (χ1v) is 14.5. The fourth-order valence-electron chi connectivity index (χ4n) is 4.77. The number of nitrogens with zero attached hydrogens (tertiary/aromatic N) is 3. The summed E-state index contributed by atoms with van der Waals surface area (Å²) in [6.07, 6.45) is 4.99. The molecule has 2 N–H and O–H groups in total. The van der Waals surface area contributed by atoms with Gasteiger partial charge in [-0.15, -0.1) is 0 Å². The second kappa shape index (κ2) is 8.88. The van der Waals surface area contributed by atoms with Crippen molar-refractivity contribution in [3.8, 4) is 5.88 Å². The summed E-state index contributed by atoms with van der Waals surface area (Å²) in [5.74, 6) is 0.840. The van der Waals surface area contributed by atoms with Gasteiger partial charge in [0.2, 0.25) is 5.88 Å². The molecule has 0 unspecified atom stereocenters. The van der Waals surface area contributed by atoms with Crippen LogP contribution in [0, 0.1) is 0 Å². The summed E-state index contributed by atoms with van der Waals surface area (Å²) in [5, 5.41) is 14.9. The van der Waals surface area contributed by atoms with Crippen molar-refractivity contribution in [2.24, 2.45) is 0 Å². The number of aromatic nitrogens is 3. The minimum atomic E-state index is -3.10. The molecule has 1 fully saturated rings. The van der Waals surface area contributed by atoms with E-state index in [1.54, 1.807) is 44.4 Å². The zero-order valence-corrected chi connectivity index (χ0v) is 23.1. The Balaban J connectivity index is 1.47. The number of cyclic esters (lactones) is 1. The van der Waals surface area contributed by atoms with Gasteiger partial charge in [-0.3, -0.25) is 0 Å². The van der Waals surface area contributed by atoms with Gasteiger partial charge in [0.1, 0.15) is 23.3 Å². The summed E-state index contributed by atoms with van der Waals surface area (Å²) in [6.45, 7) is 9.05.